The Labute approximate surface area is 160 Å². The van der Waals surface area contributed by atoms with Crippen molar-refractivity contribution in [3.8, 4) is 11.5 Å². The topological polar surface area (TPSA) is 79.9 Å². The number of carbonyl (C=O) groups is 2. The molecule has 1 fully saturated rings. The minimum atomic E-state index is -0.198. The fraction of sp³-hybridized carbons (Fsp3) is 0.600. The van der Waals surface area contributed by atoms with E-state index in [0.717, 1.165) is 18.6 Å². The van der Waals surface area contributed by atoms with Crippen molar-refractivity contribution in [2.75, 3.05) is 26.7 Å². The summed E-state index contributed by atoms with van der Waals surface area (Å²) in [5.41, 5.74) is 0. The second-order valence-electron chi connectivity index (χ2n) is 7.26. The molecule has 1 aromatic carbocycles. The maximum atomic E-state index is 12.3. The summed E-state index contributed by atoms with van der Waals surface area (Å²) >= 11 is 0. The maximum absolute atomic E-state index is 12.3. The molecule has 1 aromatic rings. The van der Waals surface area contributed by atoms with Crippen LogP contribution in [0.2, 0.25) is 0 Å². The molecule has 2 N–H and O–H groups in total. The largest absolute Gasteiger partial charge is 0.486 e. The van der Waals surface area contributed by atoms with Gasteiger partial charge in [-0.25, -0.2) is 4.79 Å². The van der Waals surface area contributed by atoms with E-state index in [1.807, 2.05) is 24.3 Å². The van der Waals surface area contributed by atoms with Gasteiger partial charge < -0.3 is 25.0 Å². The number of nitrogens with zero attached hydrogens (tertiary/aromatic N) is 1. The minimum Gasteiger partial charge on any atom is -0.486 e. The number of urea groups is 1. The lowest BCUT2D eigenvalue weighted by Crippen LogP contribution is -2.45. The number of likely N-dealkylation sites (N-methyl/N-ethyl adjacent to an activating group) is 1. The molecule has 148 valence electrons. The Balaban J connectivity index is 1.34. The van der Waals surface area contributed by atoms with Gasteiger partial charge in [-0.05, 0) is 25.0 Å². The summed E-state index contributed by atoms with van der Waals surface area (Å²) in [4.78, 5) is 25.8. The van der Waals surface area contributed by atoms with Crippen molar-refractivity contribution in [2.45, 2.75) is 50.7 Å². The van der Waals surface area contributed by atoms with Gasteiger partial charge in [-0.3, -0.25) is 4.79 Å². The standard InChI is InChI=1S/C20H29N3O4/c1-23(13-16-14-26-17-9-5-6-10-18(17)27-16)19(24)11-12-21-20(25)22-15-7-3-2-4-8-15/h5-6,9-10,15-16H,2-4,7-8,11-14H2,1H3,(H2,21,22,25)/t16-/m0/s1. The molecule has 1 atom stereocenters. The van der Waals surface area contributed by atoms with Gasteiger partial charge in [-0.1, -0.05) is 31.4 Å². The third kappa shape index (κ3) is 5.77. The molecule has 1 aliphatic heterocycles. The Morgan fingerprint density at radius 3 is 2.67 bits per heavy atom. The number of amides is 3. The average molecular weight is 375 g/mol. The first-order valence-electron chi connectivity index (χ1n) is 9.78. The van der Waals surface area contributed by atoms with Crippen LogP contribution in [-0.4, -0.2) is 55.7 Å². The molecular weight excluding hydrogens is 346 g/mol. The summed E-state index contributed by atoms with van der Waals surface area (Å²) in [6, 6.07) is 7.60. The minimum absolute atomic E-state index is 0.0320. The summed E-state index contributed by atoms with van der Waals surface area (Å²) in [6.07, 6.45) is 5.75. The van der Waals surface area contributed by atoms with Crippen molar-refractivity contribution >= 4 is 11.9 Å². The van der Waals surface area contributed by atoms with Crippen LogP contribution < -0.4 is 20.1 Å². The van der Waals surface area contributed by atoms with Gasteiger partial charge in [-0.2, -0.15) is 0 Å². The normalized spacial score (nSPS) is 19.2. The number of para-hydroxylation sites is 2. The van der Waals surface area contributed by atoms with Crippen molar-refractivity contribution in [1.29, 1.82) is 0 Å². The van der Waals surface area contributed by atoms with Gasteiger partial charge in [-0.15, -0.1) is 0 Å². The van der Waals surface area contributed by atoms with E-state index < -0.39 is 0 Å². The van der Waals surface area contributed by atoms with Crippen LogP contribution in [0.3, 0.4) is 0 Å². The lowest BCUT2D eigenvalue weighted by atomic mass is 9.96. The van der Waals surface area contributed by atoms with Crippen LogP contribution in [0.15, 0.2) is 24.3 Å². The Morgan fingerprint density at radius 1 is 1.15 bits per heavy atom. The number of fused-ring (bicyclic) bond motifs is 1. The summed E-state index contributed by atoms with van der Waals surface area (Å²) in [6.45, 7) is 1.19. The highest BCUT2D eigenvalue weighted by Crippen LogP contribution is 2.30. The van der Waals surface area contributed by atoms with Gasteiger partial charge in [0.05, 0.1) is 6.54 Å². The van der Waals surface area contributed by atoms with Gasteiger partial charge in [0.2, 0.25) is 5.91 Å². The molecule has 7 heteroatoms. The fourth-order valence-corrected chi connectivity index (χ4v) is 3.52. The predicted molar refractivity (Wildman–Crippen MR) is 102 cm³/mol. The summed E-state index contributed by atoms with van der Waals surface area (Å²) < 4.78 is 11.6. The van der Waals surface area contributed by atoms with E-state index in [9.17, 15) is 9.59 Å². The van der Waals surface area contributed by atoms with Crippen LogP contribution in [0, 0.1) is 0 Å². The van der Waals surface area contributed by atoms with Crippen molar-refractivity contribution < 1.29 is 19.1 Å². The van der Waals surface area contributed by atoms with Gasteiger partial charge in [0.25, 0.3) is 0 Å². The molecule has 0 unspecified atom stereocenters. The van der Waals surface area contributed by atoms with Crippen molar-refractivity contribution in [2.24, 2.45) is 0 Å². The van der Waals surface area contributed by atoms with Gasteiger partial charge in [0, 0.05) is 26.1 Å². The molecule has 0 saturated heterocycles. The summed E-state index contributed by atoms with van der Waals surface area (Å²) in [7, 11) is 1.74. The first-order chi connectivity index (χ1) is 13.1. The zero-order valence-electron chi connectivity index (χ0n) is 15.9. The third-order valence-electron chi connectivity index (χ3n) is 5.04. The number of ether oxygens (including phenoxy) is 2. The molecule has 27 heavy (non-hydrogen) atoms. The third-order valence-corrected chi connectivity index (χ3v) is 5.04. The molecule has 0 bridgehead atoms. The highest BCUT2D eigenvalue weighted by Gasteiger charge is 2.23. The van der Waals surface area contributed by atoms with Crippen LogP contribution in [-0.2, 0) is 4.79 Å². The molecule has 7 nitrogen and oxygen atoms in total. The number of carbonyl (C=O) groups excluding carboxylic acids is 2. The van der Waals surface area contributed by atoms with Crippen LogP contribution in [0.5, 0.6) is 11.5 Å². The highest BCUT2D eigenvalue weighted by molar-refractivity contribution is 5.78. The molecule has 3 amide bonds. The van der Waals surface area contributed by atoms with Crippen LogP contribution >= 0.6 is 0 Å². The lowest BCUT2D eigenvalue weighted by Gasteiger charge is -2.29. The summed E-state index contributed by atoms with van der Waals surface area (Å²) in [5.74, 6) is 1.40. The Kier molecular flexibility index (Phi) is 6.79. The van der Waals surface area contributed by atoms with E-state index >= 15 is 0 Å². The van der Waals surface area contributed by atoms with Gasteiger partial charge in [0.15, 0.2) is 17.6 Å². The quantitative estimate of drug-likeness (QED) is 0.800. The van der Waals surface area contributed by atoms with E-state index in [2.05, 4.69) is 10.6 Å². The molecular formula is C20H29N3O4. The number of hydrogen-bond donors (Lipinski definition) is 2. The molecule has 3 rings (SSSR count). The first kappa shape index (κ1) is 19.3. The zero-order chi connectivity index (χ0) is 19.1. The van der Waals surface area contributed by atoms with Crippen molar-refractivity contribution in [3.63, 3.8) is 0 Å². The monoisotopic (exact) mass is 375 g/mol. The smallest absolute Gasteiger partial charge is 0.315 e. The van der Waals surface area contributed by atoms with Crippen LogP contribution in [0.1, 0.15) is 38.5 Å². The van der Waals surface area contributed by atoms with Gasteiger partial charge in [0.1, 0.15) is 6.61 Å². The van der Waals surface area contributed by atoms with Crippen LogP contribution in [0.4, 0.5) is 4.79 Å². The first-order valence-corrected chi connectivity index (χ1v) is 9.78. The molecule has 1 aliphatic carbocycles. The van der Waals surface area contributed by atoms with E-state index in [4.69, 9.17) is 9.47 Å². The van der Waals surface area contributed by atoms with Crippen LogP contribution in [0.25, 0.3) is 0 Å². The van der Waals surface area contributed by atoms with Gasteiger partial charge >= 0.3 is 6.03 Å². The average Bonchev–Trinajstić information content (AvgIpc) is 2.68. The number of nitrogens with one attached hydrogen (secondary N) is 2. The zero-order valence-corrected chi connectivity index (χ0v) is 15.9. The Morgan fingerprint density at radius 2 is 1.89 bits per heavy atom. The number of hydrogen-bond acceptors (Lipinski definition) is 4. The van der Waals surface area contributed by atoms with E-state index in [-0.39, 0.29) is 30.5 Å². The van der Waals surface area contributed by atoms with E-state index in [1.54, 1.807) is 11.9 Å². The number of benzene rings is 1. The van der Waals surface area contributed by atoms with Crippen molar-refractivity contribution in [3.05, 3.63) is 24.3 Å². The lowest BCUT2D eigenvalue weighted by molar-refractivity contribution is -0.131. The summed E-state index contributed by atoms with van der Waals surface area (Å²) in [5, 5.41) is 5.76. The maximum Gasteiger partial charge on any atom is 0.315 e. The molecule has 0 radical (unpaired) electrons. The Hall–Kier alpha value is -2.44. The predicted octanol–water partition coefficient (Wildman–Crippen LogP) is 2.31. The van der Waals surface area contributed by atoms with E-state index in [0.29, 0.717) is 25.4 Å². The highest BCUT2D eigenvalue weighted by atomic mass is 16.6. The molecule has 0 spiro atoms. The molecule has 1 saturated carbocycles. The molecule has 0 aromatic heterocycles. The fourth-order valence-electron chi connectivity index (χ4n) is 3.52. The second-order valence-corrected chi connectivity index (χ2v) is 7.26. The number of rotatable bonds is 6. The van der Waals surface area contributed by atoms with E-state index in [1.165, 1.54) is 19.3 Å². The second kappa shape index (κ2) is 9.48. The SMILES string of the molecule is CN(C[C@H]1COc2ccccc2O1)C(=O)CCNC(=O)NC1CCCCC1. The Bertz CT molecular complexity index is 646. The van der Waals surface area contributed by atoms with Crippen molar-refractivity contribution in [1.82, 2.24) is 15.5 Å². The molecule has 1 heterocycles. The molecule has 2 aliphatic rings.